The molecule has 0 aromatic carbocycles. The molecule has 1 rings (SSSR count). The van der Waals surface area contributed by atoms with Crippen molar-refractivity contribution >= 4 is 11.6 Å². The quantitative estimate of drug-likeness (QED) is 0.702. The van der Waals surface area contributed by atoms with Crippen LogP contribution in [0.1, 0.15) is 13.3 Å². The van der Waals surface area contributed by atoms with Crippen LogP contribution < -0.4 is 5.32 Å². The largest absolute Gasteiger partial charge is 0.314 e. The number of hydrogen-bond donors (Lipinski definition) is 1. The van der Waals surface area contributed by atoms with E-state index in [0.717, 1.165) is 31.2 Å². The Hall–Kier alpha value is -0.0500. The van der Waals surface area contributed by atoms with E-state index in [1.165, 1.54) is 6.42 Å². The zero-order chi connectivity index (χ0) is 8.97. The maximum atomic E-state index is 5.78. The van der Waals surface area contributed by atoms with Crippen molar-refractivity contribution in [3.8, 4) is 0 Å². The lowest BCUT2D eigenvalue weighted by Gasteiger charge is -2.38. The molecule has 3 heteroatoms. The van der Waals surface area contributed by atoms with Crippen molar-refractivity contribution < 1.29 is 0 Å². The van der Waals surface area contributed by atoms with Crippen molar-refractivity contribution in [1.29, 1.82) is 0 Å². The monoisotopic (exact) mass is 188 g/mol. The lowest BCUT2D eigenvalue weighted by molar-refractivity contribution is 0.160. The van der Waals surface area contributed by atoms with E-state index < -0.39 is 0 Å². The predicted octanol–water partition coefficient (Wildman–Crippen LogP) is 1.42. The van der Waals surface area contributed by atoms with Crippen molar-refractivity contribution in [1.82, 2.24) is 10.2 Å². The molecule has 0 aromatic rings. The van der Waals surface area contributed by atoms with Crippen LogP contribution in [0.4, 0.5) is 0 Å². The van der Waals surface area contributed by atoms with Gasteiger partial charge in [-0.15, -0.1) is 0 Å². The third-order valence-electron chi connectivity index (χ3n) is 2.16. The summed E-state index contributed by atoms with van der Waals surface area (Å²) < 4.78 is 0. The van der Waals surface area contributed by atoms with Gasteiger partial charge in [-0.05, 0) is 13.0 Å². The molecule has 2 nitrogen and oxygen atoms in total. The summed E-state index contributed by atoms with van der Waals surface area (Å²) in [5, 5.41) is 4.00. The molecule has 0 aliphatic carbocycles. The molecular weight excluding hydrogens is 172 g/mol. The summed E-state index contributed by atoms with van der Waals surface area (Å²) in [6.07, 6.45) is 1.18. The Balaban J connectivity index is 2.31. The highest BCUT2D eigenvalue weighted by molar-refractivity contribution is 6.29. The fourth-order valence-electron chi connectivity index (χ4n) is 1.43. The van der Waals surface area contributed by atoms with Gasteiger partial charge in [0.2, 0.25) is 0 Å². The van der Waals surface area contributed by atoms with E-state index in [9.17, 15) is 0 Å². The molecule has 1 fully saturated rings. The summed E-state index contributed by atoms with van der Waals surface area (Å²) in [5.41, 5.74) is 0. The Morgan fingerprint density at radius 1 is 1.67 bits per heavy atom. The summed E-state index contributed by atoms with van der Waals surface area (Å²) in [5.74, 6) is 0. The molecule has 0 saturated carbocycles. The molecule has 0 amide bonds. The first kappa shape index (κ1) is 10.0. The summed E-state index contributed by atoms with van der Waals surface area (Å²) in [6.45, 7) is 10.1. The topological polar surface area (TPSA) is 15.3 Å². The fraction of sp³-hybridized carbons (Fsp3) is 0.778. The zero-order valence-corrected chi connectivity index (χ0v) is 8.40. The van der Waals surface area contributed by atoms with Gasteiger partial charge in [0.1, 0.15) is 0 Å². The minimum atomic E-state index is 0.681. The van der Waals surface area contributed by atoms with E-state index in [1.807, 2.05) is 0 Å². The second-order valence-electron chi connectivity index (χ2n) is 3.30. The summed E-state index contributed by atoms with van der Waals surface area (Å²) in [7, 11) is 0. The average Bonchev–Trinajstić information content (AvgIpc) is 1.81. The third-order valence-corrected chi connectivity index (χ3v) is 2.28. The SMILES string of the molecule is C=C(Cl)CN(CCC)C1CNC1. The second-order valence-corrected chi connectivity index (χ2v) is 3.83. The predicted molar refractivity (Wildman–Crippen MR) is 53.5 cm³/mol. The highest BCUT2D eigenvalue weighted by atomic mass is 35.5. The van der Waals surface area contributed by atoms with Crippen molar-refractivity contribution in [3.05, 3.63) is 11.6 Å². The second kappa shape index (κ2) is 4.85. The first-order chi connectivity index (χ1) is 5.74. The fourth-order valence-corrected chi connectivity index (χ4v) is 1.58. The van der Waals surface area contributed by atoms with Crippen molar-refractivity contribution in [3.63, 3.8) is 0 Å². The maximum Gasteiger partial charge on any atom is 0.0349 e. The van der Waals surface area contributed by atoms with Crippen molar-refractivity contribution in [2.75, 3.05) is 26.2 Å². The molecule has 1 aliphatic rings. The number of halogens is 1. The van der Waals surface area contributed by atoms with E-state index >= 15 is 0 Å². The Labute approximate surface area is 79.6 Å². The van der Waals surface area contributed by atoms with Gasteiger partial charge in [-0.25, -0.2) is 0 Å². The van der Waals surface area contributed by atoms with E-state index in [4.69, 9.17) is 11.6 Å². The van der Waals surface area contributed by atoms with E-state index in [1.54, 1.807) is 0 Å². The summed E-state index contributed by atoms with van der Waals surface area (Å²) in [6, 6.07) is 0.681. The van der Waals surface area contributed by atoms with Crippen LogP contribution in [0, 0.1) is 0 Å². The van der Waals surface area contributed by atoms with Gasteiger partial charge >= 0.3 is 0 Å². The highest BCUT2D eigenvalue weighted by Crippen LogP contribution is 2.09. The average molecular weight is 189 g/mol. The first-order valence-electron chi connectivity index (χ1n) is 4.52. The zero-order valence-electron chi connectivity index (χ0n) is 7.65. The molecule has 0 unspecified atom stereocenters. The molecule has 0 spiro atoms. The first-order valence-corrected chi connectivity index (χ1v) is 4.90. The lowest BCUT2D eigenvalue weighted by atomic mass is 10.1. The molecule has 1 saturated heterocycles. The summed E-state index contributed by atoms with van der Waals surface area (Å²) >= 11 is 5.78. The normalized spacial score (nSPS) is 17.9. The van der Waals surface area contributed by atoms with Crippen LogP contribution in [0.2, 0.25) is 0 Å². The van der Waals surface area contributed by atoms with Crippen LogP contribution in [-0.2, 0) is 0 Å². The molecule has 12 heavy (non-hydrogen) atoms. The molecule has 1 N–H and O–H groups in total. The van der Waals surface area contributed by atoms with Crippen LogP contribution in [0.3, 0.4) is 0 Å². The lowest BCUT2D eigenvalue weighted by Crippen LogP contribution is -2.57. The minimum absolute atomic E-state index is 0.681. The van der Waals surface area contributed by atoms with E-state index in [-0.39, 0.29) is 0 Å². The van der Waals surface area contributed by atoms with Crippen molar-refractivity contribution in [2.24, 2.45) is 0 Å². The van der Waals surface area contributed by atoms with Gasteiger partial charge in [-0.3, -0.25) is 4.90 Å². The standard InChI is InChI=1S/C9H17ClN2/c1-3-4-12(7-8(2)10)9-5-11-6-9/h9,11H,2-7H2,1H3. The molecule has 0 atom stereocenters. The van der Waals surface area contributed by atoms with Gasteiger partial charge in [0, 0.05) is 30.7 Å². The maximum absolute atomic E-state index is 5.78. The van der Waals surface area contributed by atoms with E-state index in [2.05, 4.69) is 23.7 Å². The van der Waals surface area contributed by atoms with Crippen molar-refractivity contribution in [2.45, 2.75) is 19.4 Å². The minimum Gasteiger partial charge on any atom is -0.314 e. The Kier molecular flexibility index (Phi) is 4.06. The van der Waals surface area contributed by atoms with Crippen LogP contribution in [-0.4, -0.2) is 37.1 Å². The van der Waals surface area contributed by atoms with Gasteiger partial charge in [0.25, 0.3) is 0 Å². The molecule has 0 aromatic heterocycles. The molecule has 1 heterocycles. The molecule has 0 radical (unpaired) electrons. The van der Waals surface area contributed by atoms with E-state index in [0.29, 0.717) is 6.04 Å². The Morgan fingerprint density at radius 3 is 2.67 bits per heavy atom. The highest BCUT2D eigenvalue weighted by Gasteiger charge is 2.23. The number of nitrogens with zero attached hydrogens (tertiary/aromatic N) is 1. The number of nitrogens with one attached hydrogen (secondary N) is 1. The Bertz CT molecular complexity index is 155. The summed E-state index contributed by atoms with van der Waals surface area (Å²) in [4.78, 5) is 2.39. The Morgan fingerprint density at radius 2 is 2.33 bits per heavy atom. The third kappa shape index (κ3) is 2.77. The van der Waals surface area contributed by atoms with Crippen LogP contribution in [0.15, 0.2) is 11.6 Å². The number of hydrogen-bond acceptors (Lipinski definition) is 2. The molecule has 0 bridgehead atoms. The van der Waals surface area contributed by atoms with Gasteiger partial charge in [0.05, 0.1) is 0 Å². The van der Waals surface area contributed by atoms with Crippen LogP contribution in [0.5, 0.6) is 0 Å². The van der Waals surface area contributed by atoms with Gasteiger partial charge < -0.3 is 5.32 Å². The van der Waals surface area contributed by atoms with Gasteiger partial charge in [-0.2, -0.15) is 0 Å². The van der Waals surface area contributed by atoms with Crippen LogP contribution in [0.25, 0.3) is 0 Å². The number of rotatable bonds is 5. The molecule has 70 valence electrons. The van der Waals surface area contributed by atoms with Gasteiger partial charge in [0.15, 0.2) is 0 Å². The molecular formula is C9H17ClN2. The smallest absolute Gasteiger partial charge is 0.0349 e. The molecule has 1 aliphatic heterocycles. The van der Waals surface area contributed by atoms with Crippen LogP contribution >= 0.6 is 11.6 Å². The van der Waals surface area contributed by atoms with Gasteiger partial charge in [-0.1, -0.05) is 25.1 Å².